The fourth-order valence-electron chi connectivity index (χ4n) is 2.91. The molecule has 4 heteroatoms. The monoisotopic (exact) mass is 287 g/mol. The first kappa shape index (κ1) is 13.7. The lowest BCUT2D eigenvalue weighted by molar-refractivity contribution is 0.0730. The summed E-state index contributed by atoms with van der Waals surface area (Å²) in [5, 5.41) is 0. The molecular weight excluding hydrogens is 272 g/mol. The van der Waals surface area contributed by atoms with Crippen LogP contribution in [-0.4, -0.2) is 17.9 Å². The fourth-order valence-corrected chi connectivity index (χ4v) is 2.91. The first-order valence-corrected chi connectivity index (χ1v) is 6.88. The van der Waals surface area contributed by atoms with Crippen molar-refractivity contribution in [2.24, 2.45) is 0 Å². The summed E-state index contributed by atoms with van der Waals surface area (Å²) in [5.74, 6) is -2.24. The lowest BCUT2D eigenvalue weighted by Gasteiger charge is -2.25. The first-order chi connectivity index (χ1) is 10.1. The Hall–Kier alpha value is -2.23. The number of hydrogen-bond acceptors (Lipinski definition) is 1. The molecule has 0 bridgehead atoms. The lowest BCUT2D eigenvalue weighted by Crippen LogP contribution is -2.30. The molecule has 1 unspecified atom stereocenters. The van der Waals surface area contributed by atoms with Gasteiger partial charge in [0, 0.05) is 12.6 Å². The van der Waals surface area contributed by atoms with Gasteiger partial charge >= 0.3 is 0 Å². The second-order valence-electron chi connectivity index (χ2n) is 5.30. The third kappa shape index (κ3) is 2.42. The van der Waals surface area contributed by atoms with Crippen molar-refractivity contribution in [2.75, 3.05) is 7.05 Å². The molecule has 21 heavy (non-hydrogen) atoms. The van der Waals surface area contributed by atoms with Crippen LogP contribution in [0.1, 0.15) is 33.9 Å². The van der Waals surface area contributed by atoms with E-state index in [0.717, 1.165) is 30.5 Å². The number of benzene rings is 2. The minimum atomic E-state index is -0.999. The van der Waals surface area contributed by atoms with Gasteiger partial charge in [-0.25, -0.2) is 8.78 Å². The van der Waals surface area contributed by atoms with Crippen LogP contribution in [0, 0.1) is 11.6 Å². The summed E-state index contributed by atoms with van der Waals surface area (Å²) < 4.78 is 26.2. The van der Waals surface area contributed by atoms with Crippen molar-refractivity contribution in [3.63, 3.8) is 0 Å². The van der Waals surface area contributed by atoms with E-state index in [1.807, 2.05) is 18.2 Å². The fraction of sp³-hybridized carbons (Fsp3) is 0.235. The van der Waals surface area contributed by atoms with E-state index in [4.69, 9.17) is 0 Å². The maximum Gasteiger partial charge on any atom is 0.254 e. The van der Waals surface area contributed by atoms with Gasteiger partial charge in [-0.1, -0.05) is 24.3 Å². The normalized spacial score (nSPS) is 16.6. The summed E-state index contributed by atoms with van der Waals surface area (Å²) in [7, 11) is 1.70. The van der Waals surface area contributed by atoms with E-state index in [-0.39, 0.29) is 17.5 Å². The van der Waals surface area contributed by atoms with Crippen LogP contribution in [0.3, 0.4) is 0 Å². The van der Waals surface area contributed by atoms with Crippen LogP contribution in [0.4, 0.5) is 8.78 Å². The van der Waals surface area contributed by atoms with Crippen molar-refractivity contribution in [1.29, 1.82) is 0 Å². The van der Waals surface area contributed by atoms with Crippen molar-refractivity contribution in [3.05, 3.63) is 70.8 Å². The second-order valence-corrected chi connectivity index (χ2v) is 5.30. The first-order valence-electron chi connectivity index (χ1n) is 6.88. The Morgan fingerprint density at radius 3 is 2.67 bits per heavy atom. The van der Waals surface area contributed by atoms with Crippen LogP contribution in [0.25, 0.3) is 0 Å². The number of aryl methyl sites for hydroxylation is 1. The molecule has 0 spiro atoms. The Balaban J connectivity index is 1.87. The van der Waals surface area contributed by atoms with Crippen LogP contribution in [0.15, 0.2) is 42.5 Å². The standard InChI is InChI=1S/C17H15F2NO/c1-20(16-9-7-11-4-2-3-5-13(11)16)17(21)12-6-8-14(18)15(19)10-12/h2-6,8,10,16H,7,9H2,1H3. The van der Waals surface area contributed by atoms with E-state index in [1.54, 1.807) is 11.9 Å². The number of rotatable bonds is 2. The summed E-state index contributed by atoms with van der Waals surface area (Å²) in [6, 6.07) is 11.3. The number of carbonyl (C=O) groups is 1. The summed E-state index contributed by atoms with van der Waals surface area (Å²) >= 11 is 0. The van der Waals surface area contributed by atoms with Gasteiger partial charge in [-0.05, 0) is 42.2 Å². The van der Waals surface area contributed by atoms with Crippen molar-refractivity contribution in [2.45, 2.75) is 18.9 Å². The molecule has 2 aromatic rings. The number of amides is 1. The molecule has 108 valence electrons. The quantitative estimate of drug-likeness (QED) is 0.824. The highest BCUT2D eigenvalue weighted by Crippen LogP contribution is 2.35. The van der Waals surface area contributed by atoms with Gasteiger partial charge in [0.05, 0.1) is 6.04 Å². The van der Waals surface area contributed by atoms with E-state index < -0.39 is 11.6 Å². The SMILES string of the molecule is CN(C(=O)c1ccc(F)c(F)c1)C1CCc2ccccc21. The van der Waals surface area contributed by atoms with E-state index in [0.29, 0.717) is 0 Å². The minimum Gasteiger partial charge on any atom is -0.335 e. The average molecular weight is 287 g/mol. The Bertz CT molecular complexity index is 699. The molecule has 3 rings (SSSR count). The summed E-state index contributed by atoms with van der Waals surface area (Å²) in [6.45, 7) is 0. The maximum absolute atomic E-state index is 13.3. The molecule has 1 aliphatic rings. The van der Waals surface area contributed by atoms with Crippen molar-refractivity contribution < 1.29 is 13.6 Å². The molecule has 0 saturated carbocycles. The summed E-state index contributed by atoms with van der Waals surface area (Å²) in [6.07, 6.45) is 1.78. The van der Waals surface area contributed by atoms with E-state index in [1.165, 1.54) is 11.6 Å². The molecule has 0 aromatic heterocycles. The largest absolute Gasteiger partial charge is 0.335 e. The maximum atomic E-state index is 13.3. The Labute approximate surface area is 122 Å². The molecule has 0 N–H and O–H groups in total. The van der Waals surface area contributed by atoms with Gasteiger partial charge < -0.3 is 4.90 Å². The van der Waals surface area contributed by atoms with Crippen molar-refractivity contribution in [1.82, 2.24) is 4.90 Å². The second kappa shape index (κ2) is 5.28. The van der Waals surface area contributed by atoms with Gasteiger partial charge in [0.25, 0.3) is 5.91 Å². The van der Waals surface area contributed by atoms with Gasteiger partial charge in [-0.2, -0.15) is 0 Å². The highest BCUT2D eigenvalue weighted by Gasteiger charge is 2.29. The minimum absolute atomic E-state index is 0.0122. The number of hydrogen-bond donors (Lipinski definition) is 0. The molecular formula is C17H15F2NO. The summed E-state index contributed by atoms with van der Waals surface area (Å²) in [4.78, 5) is 14.1. The predicted molar refractivity (Wildman–Crippen MR) is 76.0 cm³/mol. The van der Waals surface area contributed by atoms with Crippen LogP contribution >= 0.6 is 0 Å². The van der Waals surface area contributed by atoms with E-state index in [2.05, 4.69) is 6.07 Å². The Morgan fingerprint density at radius 2 is 1.90 bits per heavy atom. The van der Waals surface area contributed by atoms with Crippen molar-refractivity contribution in [3.8, 4) is 0 Å². The van der Waals surface area contributed by atoms with Crippen LogP contribution < -0.4 is 0 Å². The zero-order valence-corrected chi connectivity index (χ0v) is 11.6. The van der Waals surface area contributed by atoms with Gasteiger partial charge in [-0.3, -0.25) is 4.79 Å². The van der Waals surface area contributed by atoms with Crippen LogP contribution in [-0.2, 0) is 6.42 Å². The third-order valence-corrected chi connectivity index (χ3v) is 4.06. The zero-order valence-electron chi connectivity index (χ0n) is 11.6. The van der Waals surface area contributed by atoms with E-state index in [9.17, 15) is 13.6 Å². The zero-order chi connectivity index (χ0) is 15.0. The smallest absolute Gasteiger partial charge is 0.254 e. The topological polar surface area (TPSA) is 20.3 Å². The molecule has 0 radical (unpaired) electrons. The van der Waals surface area contributed by atoms with Crippen molar-refractivity contribution >= 4 is 5.91 Å². The highest BCUT2D eigenvalue weighted by molar-refractivity contribution is 5.94. The van der Waals surface area contributed by atoms with Gasteiger partial charge in [0.15, 0.2) is 11.6 Å². The molecule has 0 fully saturated rings. The molecule has 0 heterocycles. The van der Waals surface area contributed by atoms with Gasteiger partial charge in [0.1, 0.15) is 0 Å². The van der Waals surface area contributed by atoms with Crippen LogP contribution in [0.5, 0.6) is 0 Å². The molecule has 1 amide bonds. The van der Waals surface area contributed by atoms with E-state index >= 15 is 0 Å². The Kier molecular flexibility index (Phi) is 3.45. The molecule has 1 atom stereocenters. The number of halogens is 2. The number of fused-ring (bicyclic) bond motifs is 1. The molecule has 0 saturated heterocycles. The molecule has 1 aliphatic carbocycles. The van der Waals surface area contributed by atoms with Crippen LogP contribution in [0.2, 0.25) is 0 Å². The van der Waals surface area contributed by atoms with Gasteiger partial charge in [0.2, 0.25) is 0 Å². The Morgan fingerprint density at radius 1 is 1.14 bits per heavy atom. The summed E-state index contributed by atoms with van der Waals surface area (Å²) in [5.41, 5.74) is 2.55. The average Bonchev–Trinajstić information content (AvgIpc) is 2.92. The molecule has 2 aromatic carbocycles. The lowest BCUT2D eigenvalue weighted by atomic mass is 10.1. The number of carbonyl (C=O) groups excluding carboxylic acids is 1. The third-order valence-electron chi connectivity index (χ3n) is 4.06. The highest BCUT2D eigenvalue weighted by atomic mass is 19.2. The predicted octanol–water partition coefficient (Wildman–Crippen LogP) is 3.72. The molecule has 2 nitrogen and oxygen atoms in total. The molecule has 0 aliphatic heterocycles. The van der Waals surface area contributed by atoms with Gasteiger partial charge in [-0.15, -0.1) is 0 Å². The number of nitrogens with zero attached hydrogens (tertiary/aromatic N) is 1.